The molecule has 0 aliphatic heterocycles. The van der Waals surface area contributed by atoms with Crippen LogP contribution >= 0.6 is 11.3 Å². The van der Waals surface area contributed by atoms with Crippen molar-refractivity contribution in [1.82, 2.24) is 25.7 Å². The Balaban J connectivity index is 1.93. The number of hydrogen-bond acceptors (Lipinski definition) is 8. The molecule has 1 amide bonds. The third-order valence-corrected chi connectivity index (χ3v) is 2.20. The van der Waals surface area contributed by atoms with Crippen molar-refractivity contribution < 1.29 is 9.32 Å². The molecule has 2 rings (SSSR count). The van der Waals surface area contributed by atoms with Crippen molar-refractivity contribution in [2.75, 3.05) is 5.73 Å². The summed E-state index contributed by atoms with van der Waals surface area (Å²) in [6, 6.07) is 0. The number of carbonyl (C=O) groups excluding carboxylic acids is 1. The van der Waals surface area contributed by atoms with Crippen molar-refractivity contribution >= 4 is 22.4 Å². The summed E-state index contributed by atoms with van der Waals surface area (Å²) in [5, 5.41) is 13.6. The minimum Gasteiger partial charge on any atom is -0.374 e. The first-order chi connectivity index (χ1) is 7.25. The summed E-state index contributed by atoms with van der Waals surface area (Å²) in [6.45, 7) is 0.175. The lowest BCUT2D eigenvalue weighted by molar-refractivity contribution is 0.0948. The van der Waals surface area contributed by atoms with Crippen molar-refractivity contribution in [1.29, 1.82) is 0 Å². The zero-order chi connectivity index (χ0) is 10.7. The molecule has 9 heteroatoms. The van der Waals surface area contributed by atoms with E-state index in [1.807, 2.05) is 0 Å². The van der Waals surface area contributed by atoms with Crippen LogP contribution in [0.2, 0.25) is 0 Å². The van der Waals surface area contributed by atoms with Gasteiger partial charge in [0.2, 0.25) is 16.5 Å². The highest BCUT2D eigenvalue weighted by Gasteiger charge is 2.11. The predicted molar refractivity (Wildman–Crippen MR) is 49.8 cm³/mol. The Morgan fingerprint density at radius 1 is 1.60 bits per heavy atom. The maximum Gasteiger partial charge on any atom is 0.282 e. The van der Waals surface area contributed by atoms with Gasteiger partial charge in [-0.15, -0.1) is 10.2 Å². The minimum atomic E-state index is -0.367. The van der Waals surface area contributed by atoms with Crippen LogP contribution in [-0.4, -0.2) is 26.2 Å². The van der Waals surface area contributed by atoms with Gasteiger partial charge in [-0.1, -0.05) is 16.5 Å². The monoisotopic (exact) mass is 226 g/mol. The molecular weight excluding hydrogens is 220 g/mol. The number of hydrogen-bond donors (Lipinski definition) is 2. The SMILES string of the molecule is Nc1nnc(C(=O)NCc2ncon2)s1. The molecular formula is C6H6N6O2S. The molecule has 0 bridgehead atoms. The van der Waals surface area contributed by atoms with E-state index >= 15 is 0 Å². The van der Waals surface area contributed by atoms with Gasteiger partial charge in [0, 0.05) is 0 Å². The Kier molecular flexibility index (Phi) is 2.54. The van der Waals surface area contributed by atoms with Crippen molar-refractivity contribution in [2.24, 2.45) is 0 Å². The van der Waals surface area contributed by atoms with Gasteiger partial charge in [-0.05, 0) is 0 Å². The maximum atomic E-state index is 11.4. The predicted octanol–water partition coefficient (Wildman–Crippen LogP) is -0.567. The van der Waals surface area contributed by atoms with E-state index < -0.39 is 0 Å². The van der Waals surface area contributed by atoms with Crippen LogP contribution in [0.15, 0.2) is 10.9 Å². The summed E-state index contributed by atoms with van der Waals surface area (Å²) in [7, 11) is 0. The van der Waals surface area contributed by atoms with Gasteiger partial charge in [-0.3, -0.25) is 4.79 Å². The summed E-state index contributed by atoms with van der Waals surface area (Å²) in [6.07, 6.45) is 1.18. The number of amides is 1. The van der Waals surface area contributed by atoms with E-state index in [0.717, 1.165) is 11.3 Å². The molecule has 0 saturated carbocycles. The van der Waals surface area contributed by atoms with Crippen LogP contribution in [0.1, 0.15) is 15.6 Å². The lowest BCUT2D eigenvalue weighted by Crippen LogP contribution is -2.23. The number of anilines is 1. The molecule has 0 radical (unpaired) electrons. The summed E-state index contributed by atoms with van der Waals surface area (Å²) in [4.78, 5) is 15.1. The van der Waals surface area contributed by atoms with E-state index in [9.17, 15) is 4.79 Å². The topological polar surface area (TPSA) is 120 Å². The van der Waals surface area contributed by atoms with E-state index in [1.165, 1.54) is 6.39 Å². The molecule has 0 unspecified atom stereocenters. The Morgan fingerprint density at radius 3 is 3.07 bits per heavy atom. The molecule has 0 aromatic carbocycles. The van der Waals surface area contributed by atoms with Gasteiger partial charge in [0.05, 0.1) is 6.54 Å². The third kappa shape index (κ3) is 2.26. The second-order valence-electron chi connectivity index (χ2n) is 2.48. The first-order valence-electron chi connectivity index (χ1n) is 3.88. The Bertz CT molecular complexity index is 452. The Morgan fingerprint density at radius 2 is 2.47 bits per heavy atom. The maximum absolute atomic E-state index is 11.4. The first kappa shape index (κ1) is 9.52. The van der Waals surface area contributed by atoms with E-state index in [-0.39, 0.29) is 22.6 Å². The van der Waals surface area contributed by atoms with Gasteiger partial charge >= 0.3 is 0 Å². The number of nitrogens with zero attached hydrogens (tertiary/aromatic N) is 4. The summed E-state index contributed by atoms with van der Waals surface area (Å²) in [5.41, 5.74) is 5.33. The van der Waals surface area contributed by atoms with E-state index in [2.05, 4.69) is 30.2 Å². The van der Waals surface area contributed by atoms with Crippen molar-refractivity contribution in [3.05, 3.63) is 17.2 Å². The number of nitrogens with two attached hydrogens (primary N) is 1. The lowest BCUT2D eigenvalue weighted by atomic mass is 10.5. The van der Waals surface area contributed by atoms with Crippen LogP contribution in [0.3, 0.4) is 0 Å². The van der Waals surface area contributed by atoms with E-state index in [1.54, 1.807) is 0 Å². The Labute approximate surface area is 87.5 Å². The van der Waals surface area contributed by atoms with Gasteiger partial charge in [-0.25, -0.2) is 0 Å². The van der Waals surface area contributed by atoms with E-state index in [0.29, 0.717) is 5.82 Å². The minimum absolute atomic E-state index is 0.175. The summed E-state index contributed by atoms with van der Waals surface area (Å²) in [5.74, 6) is 0.0230. The van der Waals surface area contributed by atoms with Crippen LogP contribution in [-0.2, 0) is 6.54 Å². The van der Waals surface area contributed by atoms with Crippen LogP contribution < -0.4 is 11.1 Å². The number of nitrogens with one attached hydrogen (secondary N) is 1. The van der Waals surface area contributed by atoms with Crippen LogP contribution in [0, 0.1) is 0 Å². The fourth-order valence-corrected chi connectivity index (χ4v) is 1.36. The fourth-order valence-electron chi connectivity index (χ4n) is 0.832. The molecule has 0 atom stereocenters. The average molecular weight is 226 g/mol. The highest BCUT2D eigenvalue weighted by Crippen LogP contribution is 2.10. The summed E-state index contributed by atoms with van der Waals surface area (Å²) >= 11 is 1.01. The molecule has 78 valence electrons. The van der Waals surface area contributed by atoms with Crippen LogP contribution in [0.25, 0.3) is 0 Å². The van der Waals surface area contributed by atoms with Crippen LogP contribution in [0.5, 0.6) is 0 Å². The van der Waals surface area contributed by atoms with Gasteiger partial charge in [-0.2, -0.15) is 4.98 Å². The third-order valence-electron chi connectivity index (χ3n) is 1.45. The molecule has 15 heavy (non-hydrogen) atoms. The quantitative estimate of drug-likeness (QED) is 0.719. The number of rotatable bonds is 3. The Hall–Kier alpha value is -2.03. The highest BCUT2D eigenvalue weighted by atomic mass is 32.1. The molecule has 0 aliphatic rings. The van der Waals surface area contributed by atoms with Crippen molar-refractivity contribution in [3.8, 4) is 0 Å². The molecule has 2 aromatic heterocycles. The smallest absolute Gasteiger partial charge is 0.282 e. The number of carbonyl (C=O) groups is 1. The lowest BCUT2D eigenvalue weighted by Gasteiger charge is -1.96. The molecule has 0 fully saturated rings. The zero-order valence-electron chi connectivity index (χ0n) is 7.38. The second kappa shape index (κ2) is 4.00. The number of nitrogen functional groups attached to an aromatic ring is 1. The zero-order valence-corrected chi connectivity index (χ0v) is 8.19. The van der Waals surface area contributed by atoms with Gasteiger partial charge in [0.25, 0.3) is 5.91 Å². The second-order valence-corrected chi connectivity index (χ2v) is 3.48. The van der Waals surface area contributed by atoms with Crippen molar-refractivity contribution in [3.63, 3.8) is 0 Å². The van der Waals surface area contributed by atoms with Gasteiger partial charge in [0.15, 0.2) is 5.82 Å². The molecule has 0 aliphatic carbocycles. The molecule has 0 saturated heterocycles. The largest absolute Gasteiger partial charge is 0.374 e. The molecule has 2 heterocycles. The molecule has 8 nitrogen and oxygen atoms in total. The van der Waals surface area contributed by atoms with Gasteiger partial charge < -0.3 is 15.6 Å². The fraction of sp³-hybridized carbons (Fsp3) is 0.167. The molecule has 2 aromatic rings. The first-order valence-corrected chi connectivity index (χ1v) is 4.70. The van der Waals surface area contributed by atoms with Crippen LogP contribution in [0.4, 0.5) is 5.13 Å². The standard InChI is InChI=1S/C6H6N6O2S/c7-6-11-10-5(15-6)4(13)8-1-3-9-2-14-12-3/h2H,1H2,(H2,7,11)(H,8,13). The van der Waals surface area contributed by atoms with E-state index in [4.69, 9.17) is 5.73 Å². The normalized spacial score (nSPS) is 10.1. The van der Waals surface area contributed by atoms with Crippen molar-refractivity contribution in [2.45, 2.75) is 6.54 Å². The molecule has 3 N–H and O–H groups in total. The highest BCUT2D eigenvalue weighted by molar-refractivity contribution is 7.16. The van der Waals surface area contributed by atoms with Gasteiger partial charge in [0.1, 0.15) is 0 Å². The summed E-state index contributed by atoms with van der Waals surface area (Å²) < 4.78 is 4.50. The average Bonchev–Trinajstić information content (AvgIpc) is 2.84. The number of aromatic nitrogens is 4. The molecule has 0 spiro atoms.